The van der Waals surface area contributed by atoms with Gasteiger partial charge in [-0.2, -0.15) is 0 Å². The van der Waals surface area contributed by atoms with Crippen molar-refractivity contribution >= 4 is 27.5 Å². The molecule has 0 bridgehead atoms. The molecule has 1 aromatic carbocycles. The number of para-hydroxylation sites is 1. The van der Waals surface area contributed by atoms with E-state index in [9.17, 15) is 4.79 Å². The monoisotopic (exact) mass is 340 g/mol. The maximum absolute atomic E-state index is 11.8. The molecule has 0 heterocycles. The van der Waals surface area contributed by atoms with Crippen LogP contribution >= 0.6 is 15.9 Å². The molecule has 2 unspecified atom stereocenters. The third-order valence-corrected chi connectivity index (χ3v) is 4.52. The van der Waals surface area contributed by atoms with Gasteiger partial charge in [0.05, 0.1) is 12.3 Å². The van der Waals surface area contributed by atoms with Gasteiger partial charge in [-0.1, -0.05) is 18.6 Å². The number of carbonyl (C=O) groups excluding carboxylic acids is 1. The molecular formula is C15H21BrN2O2. The normalized spacial score (nSPS) is 21.9. The SMILES string of the molecule is NCC1CCCC1COCC(=O)Nc1ccccc1Br. The zero-order valence-electron chi connectivity index (χ0n) is 11.5. The van der Waals surface area contributed by atoms with Crippen molar-refractivity contribution in [3.8, 4) is 0 Å². The number of ether oxygens (including phenoxy) is 1. The van der Waals surface area contributed by atoms with Gasteiger partial charge in [0.2, 0.25) is 5.91 Å². The molecule has 5 heteroatoms. The van der Waals surface area contributed by atoms with Gasteiger partial charge >= 0.3 is 0 Å². The summed E-state index contributed by atoms with van der Waals surface area (Å²) >= 11 is 3.39. The highest BCUT2D eigenvalue weighted by Crippen LogP contribution is 2.30. The summed E-state index contributed by atoms with van der Waals surface area (Å²) in [5.41, 5.74) is 6.50. The standard InChI is InChI=1S/C15H21BrN2O2/c16-13-6-1-2-7-14(13)18-15(19)10-20-9-12-5-3-4-11(12)8-17/h1-2,6-7,11-12H,3-5,8-10,17H2,(H,18,19). The summed E-state index contributed by atoms with van der Waals surface area (Å²) in [4.78, 5) is 11.8. The van der Waals surface area contributed by atoms with Crippen LogP contribution in [-0.4, -0.2) is 25.7 Å². The van der Waals surface area contributed by atoms with Crippen molar-refractivity contribution in [2.24, 2.45) is 17.6 Å². The highest BCUT2D eigenvalue weighted by molar-refractivity contribution is 9.10. The Bertz CT molecular complexity index is 453. The molecule has 1 saturated carbocycles. The molecule has 0 saturated heterocycles. The summed E-state index contributed by atoms with van der Waals surface area (Å²) in [6.07, 6.45) is 3.57. The van der Waals surface area contributed by atoms with E-state index in [0.29, 0.717) is 18.4 Å². The second-order valence-electron chi connectivity index (χ2n) is 5.23. The van der Waals surface area contributed by atoms with Crippen LogP contribution in [0.5, 0.6) is 0 Å². The number of anilines is 1. The lowest BCUT2D eigenvalue weighted by Gasteiger charge is -2.17. The van der Waals surface area contributed by atoms with E-state index >= 15 is 0 Å². The van der Waals surface area contributed by atoms with Gasteiger partial charge in [0, 0.05) is 4.47 Å². The van der Waals surface area contributed by atoms with Crippen LogP contribution in [0.2, 0.25) is 0 Å². The highest BCUT2D eigenvalue weighted by Gasteiger charge is 2.26. The summed E-state index contributed by atoms with van der Waals surface area (Å²) in [6, 6.07) is 7.53. The third kappa shape index (κ3) is 4.30. The second-order valence-corrected chi connectivity index (χ2v) is 6.08. The first-order valence-corrected chi connectivity index (χ1v) is 7.82. The van der Waals surface area contributed by atoms with E-state index < -0.39 is 0 Å². The molecule has 0 aliphatic heterocycles. The second kappa shape index (κ2) is 7.76. The van der Waals surface area contributed by atoms with Crippen molar-refractivity contribution in [2.45, 2.75) is 19.3 Å². The first-order valence-electron chi connectivity index (χ1n) is 7.03. The van der Waals surface area contributed by atoms with E-state index in [1.807, 2.05) is 24.3 Å². The van der Waals surface area contributed by atoms with Gasteiger partial charge < -0.3 is 15.8 Å². The largest absolute Gasteiger partial charge is 0.371 e. The summed E-state index contributed by atoms with van der Waals surface area (Å²) < 4.78 is 6.41. The van der Waals surface area contributed by atoms with E-state index in [-0.39, 0.29) is 12.5 Å². The number of nitrogens with two attached hydrogens (primary N) is 1. The van der Waals surface area contributed by atoms with E-state index in [4.69, 9.17) is 10.5 Å². The molecule has 1 fully saturated rings. The number of rotatable bonds is 6. The molecule has 110 valence electrons. The molecular weight excluding hydrogens is 320 g/mol. The summed E-state index contributed by atoms with van der Waals surface area (Å²) in [6.45, 7) is 1.44. The molecule has 3 N–H and O–H groups in total. The Balaban J connectivity index is 1.72. The van der Waals surface area contributed by atoms with Crippen LogP contribution in [0.3, 0.4) is 0 Å². The zero-order chi connectivity index (χ0) is 14.4. The van der Waals surface area contributed by atoms with Gasteiger partial charge in [0.25, 0.3) is 0 Å². The lowest BCUT2D eigenvalue weighted by atomic mass is 9.97. The Kier molecular flexibility index (Phi) is 6.01. The minimum Gasteiger partial charge on any atom is -0.371 e. The van der Waals surface area contributed by atoms with Crippen LogP contribution in [0, 0.1) is 11.8 Å². The molecule has 20 heavy (non-hydrogen) atoms. The molecule has 1 aromatic rings. The summed E-state index contributed by atoms with van der Waals surface area (Å²) in [7, 11) is 0. The fraction of sp³-hybridized carbons (Fsp3) is 0.533. The Labute approximate surface area is 128 Å². The molecule has 4 nitrogen and oxygen atoms in total. The summed E-state index contributed by atoms with van der Waals surface area (Å²) in [5.74, 6) is 0.941. The molecule has 1 aliphatic rings. The third-order valence-electron chi connectivity index (χ3n) is 3.83. The fourth-order valence-corrected chi connectivity index (χ4v) is 3.08. The van der Waals surface area contributed by atoms with Crippen molar-refractivity contribution in [3.63, 3.8) is 0 Å². The minimum atomic E-state index is -0.126. The van der Waals surface area contributed by atoms with Gasteiger partial charge in [-0.25, -0.2) is 0 Å². The van der Waals surface area contributed by atoms with Crippen LogP contribution < -0.4 is 11.1 Å². The molecule has 1 amide bonds. The molecule has 2 rings (SSSR count). The highest BCUT2D eigenvalue weighted by atomic mass is 79.9. The fourth-order valence-electron chi connectivity index (χ4n) is 2.70. The Morgan fingerprint density at radius 1 is 1.35 bits per heavy atom. The van der Waals surface area contributed by atoms with Gasteiger partial charge in [-0.15, -0.1) is 0 Å². The summed E-state index contributed by atoms with van der Waals surface area (Å²) in [5, 5.41) is 2.83. The lowest BCUT2D eigenvalue weighted by Crippen LogP contribution is -2.25. The maximum atomic E-state index is 11.8. The van der Waals surface area contributed by atoms with Crippen LogP contribution in [0.4, 0.5) is 5.69 Å². The van der Waals surface area contributed by atoms with Crippen LogP contribution in [0.1, 0.15) is 19.3 Å². The van der Waals surface area contributed by atoms with E-state index in [2.05, 4.69) is 21.2 Å². The first-order chi connectivity index (χ1) is 9.70. The number of amides is 1. The number of carbonyl (C=O) groups is 1. The van der Waals surface area contributed by atoms with Crippen molar-refractivity contribution in [1.29, 1.82) is 0 Å². The first kappa shape index (κ1) is 15.5. The maximum Gasteiger partial charge on any atom is 0.250 e. The number of nitrogens with one attached hydrogen (secondary N) is 1. The van der Waals surface area contributed by atoms with Gasteiger partial charge in [-0.3, -0.25) is 4.79 Å². The number of halogens is 1. The molecule has 0 spiro atoms. The number of benzene rings is 1. The van der Waals surface area contributed by atoms with Gasteiger partial charge in [0.1, 0.15) is 6.61 Å². The minimum absolute atomic E-state index is 0.0924. The average molecular weight is 341 g/mol. The van der Waals surface area contributed by atoms with Crippen LogP contribution in [-0.2, 0) is 9.53 Å². The number of hydrogen-bond donors (Lipinski definition) is 2. The predicted molar refractivity (Wildman–Crippen MR) is 83.5 cm³/mol. The van der Waals surface area contributed by atoms with E-state index in [1.54, 1.807) is 0 Å². The average Bonchev–Trinajstić information content (AvgIpc) is 2.89. The lowest BCUT2D eigenvalue weighted by molar-refractivity contribution is -0.121. The van der Waals surface area contributed by atoms with Gasteiger partial charge in [-0.05, 0) is 59.3 Å². The smallest absolute Gasteiger partial charge is 0.250 e. The topological polar surface area (TPSA) is 64.3 Å². The molecule has 0 aromatic heterocycles. The number of hydrogen-bond acceptors (Lipinski definition) is 3. The quantitative estimate of drug-likeness (QED) is 0.836. The van der Waals surface area contributed by atoms with E-state index in [0.717, 1.165) is 23.1 Å². The van der Waals surface area contributed by atoms with Crippen molar-refractivity contribution < 1.29 is 9.53 Å². The predicted octanol–water partition coefficient (Wildman–Crippen LogP) is 2.78. The Morgan fingerprint density at radius 3 is 2.85 bits per heavy atom. The Morgan fingerprint density at radius 2 is 2.10 bits per heavy atom. The Hall–Kier alpha value is -0.910. The van der Waals surface area contributed by atoms with Crippen LogP contribution in [0.15, 0.2) is 28.7 Å². The molecule has 2 atom stereocenters. The molecule has 0 radical (unpaired) electrons. The van der Waals surface area contributed by atoms with Crippen molar-refractivity contribution in [3.05, 3.63) is 28.7 Å². The molecule has 1 aliphatic carbocycles. The van der Waals surface area contributed by atoms with Crippen molar-refractivity contribution in [1.82, 2.24) is 0 Å². The van der Waals surface area contributed by atoms with E-state index in [1.165, 1.54) is 12.8 Å². The van der Waals surface area contributed by atoms with Crippen molar-refractivity contribution in [2.75, 3.05) is 25.1 Å². The van der Waals surface area contributed by atoms with Crippen LogP contribution in [0.25, 0.3) is 0 Å². The van der Waals surface area contributed by atoms with Gasteiger partial charge in [0.15, 0.2) is 0 Å². The zero-order valence-corrected chi connectivity index (χ0v) is 13.1.